The maximum atomic E-state index is 12.9. The average Bonchev–Trinajstić information content (AvgIpc) is 2.87. The topological polar surface area (TPSA) is 92.4 Å². The Kier molecular flexibility index (Phi) is 5.43. The van der Waals surface area contributed by atoms with Crippen LogP contribution in [-0.2, 0) is 17.6 Å². The monoisotopic (exact) mass is 430 g/mol. The molecule has 0 unspecified atom stereocenters. The summed E-state index contributed by atoms with van der Waals surface area (Å²) in [4.78, 5) is 26.5. The molecule has 2 N–H and O–H groups in total. The first-order valence-electron chi connectivity index (χ1n) is 9.30. The number of carbonyl (C=O) groups is 2. The summed E-state index contributed by atoms with van der Waals surface area (Å²) in [7, 11) is 1.34. The summed E-state index contributed by atoms with van der Waals surface area (Å²) in [5.41, 5.74) is 1.68. The Morgan fingerprint density at radius 1 is 1.21 bits per heavy atom. The van der Waals surface area contributed by atoms with Gasteiger partial charge in [0.15, 0.2) is 0 Å². The molecule has 150 valence electrons. The number of aryl methyl sites for hydroxylation is 1. The fourth-order valence-electron chi connectivity index (χ4n) is 3.60. The second kappa shape index (κ2) is 8.00. The summed E-state index contributed by atoms with van der Waals surface area (Å²) >= 11 is 7.43. The summed E-state index contributed by atoms with van der Waals surface area (Å²) in [6, 6.07) is 6.56. The van der Waals surface area contributed by atoms with Crippen LogP contribution in [0.4, 0.5) is 5.00 Å². The molecular weight excluding hydrogens is 412 g/mol. The molecule has 0 radical (unpaired) electrons. The molecule has 2 aromatic heterocycles. The predicted octanol–water partition coefficient (Wildman–Crippen LogP) is 4.93. The van der Waals surface area contributed by atoms with Crippen LogP contribution in [0, 0.1) is 5.41 Å². The van der Waals surface area contributed by atoms with Gasteiger partial charge in [-0.2, -0.15) is 0 Å². The predicted molar refractivity (Wildman–Crippen MR) is 112 cm³/mol. The van der Waals surface area contributed by atoms with Gasteiger partial charge in [-0.25, -0.2) is 4.79 Å². The summed E-state index contributed by atoms with van der Waals surface area (Å²) in [5, 5.41) is 12.5. The number of fused-ring (bicyclic) bond motifs is 2. The molecular formula is C21H19ClN2O4S. The number of amides is 1. The number of methoxy groups -OCH3 is 1. The largest absolute Gasteiger partial charge is 0.465 e. The van der Waals surface area contributed by atoms with Crippen molar-refractivity contribution >= 4 is 50.8 Å². The Labute approximate surface area is 176 Å². The van der Waals surface area contributed by atoms with Crippen LogP contribution < -0.4 is 10.9 Å². The zero-order valence-corrected chi connectivity index (χ0v) is 17.3. The van der Waals surface area contributed by atoms with Crippen molar-refractivity contribution in [1.29, 1.82) is 5.41 Å². The van der Waals surface area contributed by atoms with Crippen LogP contribution in [-0.4, -0.2) is 19.0 Å². The number of nitrogens with one attached hydrogen (secondary N) is 2. The third kappa shape index (κ3) is 3.80. The summed E-state index contributed by atoms with van der Waals surface area (Å²) in [5.74, 6) is -0.969. The van der Waals surface area contributed by atoms with Gasteiger partial charge in [-0.1, -0.05) is 18.0 Å². The minimum Gasteiger partial charge on any atom is -0.465 e. The van der Waals surface area contributed by atoms with Crippen molar-refractivity contribution in [3.8, 4) is 0 Å². The zero-order chi connectivity index (χ0) is 20.5. The minimum atomic E-state index is -0.512. The van der Waals surface area contributed by atoms with Crippen molar-refractivity contribution in [3.63, 3.8) is 0 Å². The van der Waals surface area contributed by atoms with Gasteiger partial charge in [0.05, 0.1) is 12.7 Å². The molecule has 1 amide bonds. The van der Waals surface area contributed by atoms with E-state index in [1.165, 1.54) is 18.4 Å². The van der Waals surface area contributed by atoms with Gasteiger partial charge >= 0.3 is 5.97 Å². The zero-order valence-electron chi connectivity index (χ0n) is 15.8. The molecule has 0 aliphatic heterocycles. The molecule has 4 rings (SSSR count). The Morgan fingerprint density at radius 3 is 2.79 bits per heavy atom. The van der Waals surface area contributed by atoms with Crippen LogP contribution in [0.2, 0.25) is 5.02 Å². The molecule has 0 bridgehead atoms. The van der Waals surface area contributed by atoms with Crippen LogP contribution >= 0.6 is 22.9 Å². The standard InChI is InChI=1S/C21H19ClN2O4S/c1-27-21(26)17-13-5-3-2-4-6-16(13)29-20(17)24-19(25)14-10-11-9-12(22)7-8-15(11)28-18(14)23/h7-10,23H,2-6H2,1H3,(H,24,25). The Balaban J connectivity index is 1.73. The van der Waals surface area contributed by atoms with E-state index in [1.54, 1.807) is 24.3 Å². The number of hydrogen-bond acceptors (Lipinski definition) is 6. The number of ether oxygens (including phenoxy) is 1. The maximum Gasteiger partial charge on any atom is 0.341 e. The Bertz CT molecular complexity index is 1180. The lowest BCUT2D eigenvalue weighted by Crippen LogP contribution is -2.21. The fourth-order valence-corrected chi connectivity index (χ4v) is 5.05. The van der Waals surface area contributed by atoms with Gasteiger partial charge in [0.2, 0.25) is 5.55 Å². The smallest absolute Gasteiger partial charge is 0.341 e. The molecule has 1 aliphatic rings. The van der Waals surface area contributed by atoms with Gasteiger partial charge in [-0.3, -0.25) is 10.2 Å². The van der Waals surface area contributed by atoms with E-state index >= 15 is 0 Å². The second-order valence-electron chi connectivity index (χ2n) is 6.89. The molecule has 0 saturated carbocycles. The molecule has 29 heavy (non-hydrogen) atoms. The number of anilines is 1. The highest BCUT2D eigenvalue weighted by Gasteiger charge is 2.27. The number of rotatable bonds is 3. The molecule has 1 aliphatic carbocycles. The maximum absolute atomic E-state index is 12.9. The lowest BCUT2D eigenvalue weighted by molar-refractivity contribution is 0.0601. The molecule has 0 saturated heterocycles. The van der Waals surface area contributed by atoms with E-state index in [2.05, 4.69) is 5.32 Å². The van der Waals surface area contributed by atoms with Crippen LogP contribution in [0.15, 0.2) is 28.7 Å². The van der Waals surface area contributed by atoms with Crippen molar-refractivity contribution < 1.29 is 18.7 Å². The number of carbonyl (C=O) groups excluding carboxylic acids is 2. The van der Waals surface area contributed by atoms with Crippen molar-refractivity contribution in [2.24, 2.45) is 0 Å². The van der Waals surface area contributed by atoms with Gasteiger partial charge in [0.1, 0.15) is 16.1 Å². The summed E-state index contributed by atoms with van der Waals surface area (Å²) in [6.45, 7) is 0. The normalized spacial score (nSPS) is 13.6. The first kappa shape index (κ1) is 19.7. The minimum absolute atomic E-state index is 0.0687. The number of esters is 1. The number of benzene rings is 1. The molecule has 0 spiro atoms. The van der Waals surface area contributed by atoms with Gasteiger partial charge in [0, 0.05) is 15.3 Å². The van der Waals surface area contributed by atoms with Gasteiger partial charge < -0.3 is 14.5 Å². The number of halogens is 1. The van der Waals surface area contributed by atoms with Crippen molar-refractivity contribution in [3.05, 3.63) is 56.4 Å². The highest BCUT2D eigenvalue weighted by Crippen LogP contribution is 2.38. The lowest BCUT2D eigenvalue weighted by Gasteiger charge is -2.08. The summed E-state index contributed by atoms with van der Waals surface area (Å²) in [6.07, 6.45) is 4.85. The van der Waals surface area contributed by atoms with Crippen LogP contribution in [0.25, 0.3) is 11.0 Å². The number of hydrogen-bond donors (Lipinski definition) is 2. The van der Waals surface area contributed by atoms with Crippen molar-refractivity contribution in [1.82, 2.24) is 0 Å². The Morgan fingerprint density at radius 2 is 2.00 bits per heavy atom. The molecule has 0 fully saturated rings. The highest BCUT2D eigenvalue weighted by molar-refractivity contribution is 7.17. The van der Waals surface area contributed by atoms with Crippen LogP contribution in [0.1, 0.15) is 50.4 Å². The molecule has 0 atom stereocenters. The third-order valence-corrected chi connectivity index (χ3v) is 6.45. The summed E-state index contributed by atoms with van der Waals surface area (Å²) < 4.78 is 10.4. The second-order valence-corrected chi connectivity index (χ2v) is 8.43. The first-order valence-corrected chi connectivity index (χ1v) is 10.5. The van der Waals surface area contributed by atoms with Crippen molar-refractivity contribution in [2.45, 2.75) is 32.1 Å². The third-order valence-electron chi connectivity index (χ3n) is 5.01. The average molecular weight is 431 g/mol. The van der Waals surface area contributed by atoms with Gasteiger partial charge in [-0.15, -0.1) is 11.3 Å². The molecule has 1 aromatic carbocycles. The van der Waals surface area contributed by atoms with Crippen LogP contribution in [0.5, 0.6) is 0 Å². The van der Waals surface area contributed by atoms with Gasteiger partial charge in [-0.05, 0) is 55.5 Å². The van der Waals surface area contributed by atoms with E-state index in [0.29, 0.717) is 26.6 Å². The first-order chi connectivity index (χ1) is 14.0. The molecule has 8 heteroatoms. The van der Waals surface area contributed by atoms with Crippen molar-refractivity contribution in [2.75, 3.05) is 12.4 Å². The number of thiophene rings is 1. The quantitative estimate of drug-likeness (QED) is 0.455. The van der Waals surface area contributed by atoms with E-state index in [4.69, 9.17) is 26.2 Å². The van der Waals surface area contributed by atoms with E-state index < -0.39 is 11.9 Å². The highest BCUT2D eigenvalue weighted by atomic mass is 35.5. The fraction of sp³-hybridized carbons (Fsp3) is 0.286. The molecule has 6 nitrogen and oxygen atoms in total. The molecule has 3 aromatic rings. The van der Waals surface area contributed by atoms with E-state index in [9.17, 15) is 9.59 Å². The van der Waals surface area contributed by atoms with E-state index in [-0.39, 0.29) is 11.1 Å². The Hall–Kier alpha value is -2.64. The molecule has 2 heterocycles. The van der Waals surface area contributed by atoms with E-state index in [1.807, 2.05) is 0 Å². The van der Waals surface area contributed by atoms with Gasteiger partial charge in [0.25, 0.3) is 5.91 Å². The van der Waals surface area contributed by atoms with E-state index in [0.717, 1.165) is 42.5 Å². The lowest BCUT2D eigenvalue weighted by atomic mass is 10.1. The van der Waals surface area contributed by atoms with Crippen LogP contribution in [0.3, 0.4) is 0 Å². The SMILES string of the molecule is COC(=O)c1c(NC(=O)c2cc3cc(Cl)ccc3oc2=N)sc2c1CCCCC2.